The van der Waals surface area contributed by atoms with E-state index in [-0.39, 0.29) is 23.0 Å². The maximum Gasteiger partial charge on any atom is 0.252 e. The highest BCUT2D eigenvalue weighted by molar-refractivity contribution is 14.1. The van der Waals surface area contributed by atoms with Crippen molar-refractivity contribution < 1.29 is 18.0 Å². The van der Waals surface area contributed by atoms with Crippen molar-refractivity contribution >= 4 is 50.1 Å². The number of sulfonamides is 1. The average Bonchev–Trinajstić information content (AvgIpc) is 2.52. The SMILES string of the molecule is NS(=O)(=O)c1cccc(NC(=O)CNC(=O)c2ccccc2I)c1. The molecule has 0 aliphatic rings. The Labute approximate surface area is 152 Å². The van der Waals surface area contributed by atoms with E-state index in [9.17, 15) is 18.0 Å². The van der Waals surface area contributed by atoms with Crippen LogP contribution >= 0.6 is 22.6 Å². The summed E-state index contributed by atoms with van der Waals surface area (Å²) in [6.07, 6.45) is 0. The molecule has 0 bridgehead atoms. The van der Waals surface area contributed by atoms with Crippen LogP contribution in [0.3, 0.4) is 0 Å². The topological polar surface area (TPSA) is 118 Å². The summed E-state index contributed by atoms with van der Waals surface area (Å²) in [5.41, 5.74) is 0.747. The first kappa shape index (κ1) is 18.4. The van der Waals surface area contributed by atoms with Crippen molar-refractivity contribution in [1.82, 2.24) is 5.32 Å². The van der Waals surface area contributed by atoms with Crippen LogP contribution in [-0.4, -0.2) is 26.8 Å². The average molecular weight is 459 g/mol. The van der Waals surface area contributed by atoms with Gasteiger partial charge in [0.15, 0.2) is 0 Å². The van der Waals surface area contributed by atoms with Gasteiger partial charge < -0.3 is 10.6 Å². The fourth-order valence-corrected chi connectivity index (χ4v) is 3.05. The minimum Gasteiger partial charge on any atom is -0.343 e. The van der Waals surface area contributed by atoms with E-state index in [0.717, 1.165) is 3.57 Å². The highest BCUT2D eigenvalue weighted by Crippen LogP contribution is 2.14. The van der Waals surface area contributed by atoms with Crippen LogP contribution in [-0.2, 0) is 14.8 Å². The van der Waals surface area contributed by atoms with Crippen molar-refractivity contribution in [3.8, 4) is 0 Å². The molecule has 2 amide bonds. The van der Waals surface area contributed by atoms with Crippen LogP contribution in [0.4, 0.5) is 5.69 Å². The van der Waals surface area contributed by atoms with Gasteiger partial charge in [-0.15, -0.1) is 0 Å². The summed E-state index contributed by atoms with van der Waals surface area (Å²) in [4.78, 5) is 23.8. The maximum absolute atomic E-state index is 12.0. The molecule has 0 spiro atoms. The van der Waals surface area contributed by atoms with Gasteiger partial charge in [-0.05, 0) is 52.9 Å². The van der Waals surface area contributed by atoms with E-state index < -0.39 is 15.9 Å². The summed E-state index contributed by atoms with van der Waals surface area (Å²) >= 11 is 2.03. The highest BCUT2D eigenvalue weighted by atomic mass is 127. The fourth-order valence-electron chi connectivity index (χ4n) is 1.86. The Kier molecular flexibility index (Phi) is 5.91. The summed E-state index contributed by atoms with van der Waals surface area (Å²) in [5.74, 6) is -0.853. The van der Waals surface area contributed by atoms with Crippen LogP contribution in [0.2, 0.25) is 0 Å². The molecule has 0 saturated carbocycles. The van der Waals surface area contributed by atoms with Gasteiger partial charge in [0.1, 0.15) is 0 Å². The molecule has 2 aromatic carbocycles. The lowest BCUT2D eigenvalue weighted by Gasteiger charge is -2.09. The van der Waals surface area contributed by atoms with E-state index in [1.165, 1.54) is 24.3 Å². The molecule has 2 rings (SSSR count). The zero-order valence-electron chi connectivity index (χ0n) is 12.3. The predicted octanol–water partition coefficient (Wildman–Crippen LogP) is 1.31. The Morgan fingerprint density at radius 1 is 1.08 bits per heavy atom. The zero-order chi connectivity index (χ0) is 17.7. The number of amides is 2. The minimum absolute atomic E-state index is 0.108. The number of nitrogens with one attached hydrogen (secondary N) is 2. The molecule has 24 heavy (non-hydrogen) atoms. The van der Waals surface area contributed by atoms with Crippen LogP contribution < -0.4 is 15.8 Å². The lowest BCUT2D eigenvalue weighted by Crippen LogP contribution is -2.33. The number of primary sulfonamides is 1. The van der Waals surface area contributed by atoms with Crippen molar-refractivity contribution in [3.05, 3.63) is 57.7 Å². The van der Waals surface area contributed by atoms with Gasteiger partial charge in [-0.25, -0.2) is 13.6 Å². The molecule has 2 aromatic rings. The van der Waals surface area contributed by atoms with Crippen molar-refractivity contribution in [2.45, 2.75) is 4.90 Å². The van der Waals surface area contributed by atoms with E-state index in [0.29, 0.717) is 5.56 Å². The Morgan fingerprint density at radius 3 is 2.46 bits per heavy atom. The molecule has 0 aliphatic carbocycles. The Balaban J connectivity index is 1.97. The Hall–Kier alpha value is -1.98. The smallest absolute Gasteiger partial charge is 0.252 e. The van der Waals surface area contributed by atoms with Gasteiger partial charge in [0.25, 0.3) is 5.91 Å². The largest absolute Gasteiger partial charge is 0.343 e. The van der Waals surface area contributed by atoms with Gasteiger partial charge in [-0.3, -0.25) is 9.59 Å². The van der Waals surface area contributed by atoms with Crippen LogP contribution in [0.15, 0.2) is 53.4 Å². The standard InChI is InChI=1S/C15H14IN3O4S/c16-13-7-2-1-6-12(13)15(21)18-9-14(20)19-10-4-3-5-11(8-10)24(17,22)23/h1-8H,9H2,(H,18,21)(H,19,20)(H2,17,22,23). The van der Waals surface area contributed by atoms with Crippen molar-refractivity contribution in [3.63, 3.8) is 0 Å². The number of nitrogens with two attached hydrogens (primary N) is 1. The van der Waals surface area contributed by atoms with Crippen LogP contribution in [0, 0.1) is 3.57 Å². The monoisotopic (exact) mass is 459 g/mol. The summed E-state index contributed by atoms with van der Waals surface area (Å²) in [6, 6.07) is 12.5. The van der Waals surface area contributed by atoms with Gasteiger partial charge >= 0.3 is 0 Å². The first-order valence-corrected chi connectivity index (χ1v) is 9.35. The van der Waals surface area contributed by atoms with Crippen molar-refractivity contribution in [1.29, 1.82) is 0 Å². The second kappa shape index (κ2) is 7.73. The molecule has 0 atom stereocenters. The summed E-state index contributed by atoms with van der Waals surface area (Å²) in [7, 11) is -3.85. The van der Waals surface area contributed by atoms with E-state index in [2.05, 4.69) is 10.6 Å². The van der Waals surface area contributed by atoms with Gasteiger partial charge in [0.05, 0.1) is 17.0 Å². The van der Waals surface area contributed by atoms with Gasteiger partial charge in [0.2, 0.25) is 15.9 Å². The van der Waals surface area contributed by atoms with E-state index in [1.54, 1.807) is 18.2 Å². The zero-order valence-corrected chi connectivity index (χ0v) is 15.3. The predicted molar refractivity (Wildman–Crippen MR) is 97.9 cm³/mol. The number of hydrogen-bond donors (Lipinski definition) is 3. The number of carbonyl (C=O) groups is 2. The number of hydrogen-bond acceptors (Lipinski definition) is 4. The van der Waals surface area contributed by atoms with Gasteiger partial charge in [-0.1, -0.05) is 18.2 Å². The molecule has 0 unspecified atom stereocenters. The fraction of sp³-hybridized carbons (Fsp3) is 0.0667. The molecule has 7 nitrogen and oxygen atoms in total. The molecule has 126 valence electrons. The van der Waals surface area contributed by atoms with Crippen molar-refractivity contribution in [2.24, 2.45) is 5.14 Å². The number of halogens is 1. The normalized spacial score (nSPS) is 10.9. The van der Waals surface area contributed by atoms with E-state index >= 15 is 0 Å². The van der Waals surface area contributed by atoms with Gasteiger partial charge in [0, 0.05) is 9.26 Å². The third-order valence-electron chi connectivity index (χ3n) is 2.97. The molecule has 4 N–H and O–H groups in total. The third-order valence-corrected chi connectivity index (χ3v) is 4.83. The highest BCUT2D eigenvalue weighted by Gasteiger charge is 2.12. The van der Waals surface area contributed by atoms with Crippen LogP contribution in [0.5, 0.6) is 0 Å². The number of benzene rings is 2. The molecule has 0 aliphatic heterocycles. The second-order valence-electron chi connectivity index (χ2n) is 4.78. The summed E-state index contributed by atoms with van der Waals surface area (Å²) in [5, 5.41) is 10.0. The van der Waals surface area contributed by atoms with E-state index in [1.807, 2.05) is 28.7 Å². The first-order valence-electron chi connectivity index (χ1n) is 6.73. The van der Waals surface area contributed by atoms with Crippen LogP contribution in [0.1, 0.15) is 10.4 Å². The molecule has 0 aromatic heterocycles. The quantitative estimate of drug-likeness (QED) is 0.585. The Morgan fingerprint density at radius 2 is 1.79 bits per heavy atom. The maximum atomic E-state index is 12.0. The summed E-state index contributed by atoms with van der Waals surface area (Å²) in [6.45, 7) is -0.247. The third kappa shape index (κ3) is 5.01. The number of anilines is 1. The first-order chi connectivity index (χ1) is 11.3. The number of carbonyl (C=O) groups excluding carboxylic acids is 2. The second-order valence-corrected chi connectivity index (χ2v) is 7.51. The summed E-state index contributed by atoms with van der Waals surface area (Å²) < 4.78 is 23.3. The molecule has 0 radical (unpaired) electrons. The Bertz CT molecular complexity index is 884. The molecular weight excluding hydrogens is 445 g/mol. The molecule has 0 fully saturated rings. The van der Waals surface area contributed by atoms with Crippen molar-refractivity contribution in [2.75, 3.05) is 11.9 Å². The lowest BCUT2D eigenvalue weighted by atomic mass is 10.2. The minimum atomic E-state index is -3.85. The molecule has 0 saturated heterocycles. The molecule has 0 heterocycles. The van der Waals surface area contributed by atoms with Crippen LogP contribution in [0.25, 0.3) is 0 Å². The van der Waals surface area contributed by atoms with E-state index in [4.69, 9.17) is 5.14 Å². The molecular formula is C15H14IN3O4S. The molecule has 9 heteroatoms. The number of rotatable bonds is 5. The van der Waals surface area contributed by atoms with Gasteiger partial charge in [-0.2, -0.15) is 0 Å². The lowest BCUT2D eigenvalue weighted by molar-refractivity contribution is -0.115.